The van der Waals surface area contributed by atoms with Gasteiger partial charge < -0.3 is 10.2 Å². The Bertz CT molecular complexity index is 121. The summed E-state index contributed by atoms with van der Waals surface area (Å²) in [6, 6.07) is 0. The van der Waals surface area contributed by atoms with Crippen molar-refractivity contribution in [3.05, 3.63) is 12.7 Å². The Morgan fingerprint density at radius 3 is 2.33 bits per heavy atom. The fourth-order valence-corrected chi connectivity index (χ4v) is 1.32. The summed E-state index contributed by atoms with van der Waals surface area (Å²) in [5, 5.41) is 18.6. The molecule has 0 aromatic rings. The van der Waals surface area contributed by atoms with Crippen LogP contribution in [-0.4, -0.2) is 22.4 Å². The minimum Gasteiger partial charge on any atom is -0.393 e. The first-order chi connectivity index (χ1) is 5.61. The molecule has 72 valence electrons. The second-order valence-corrected chi connectivity index (χ2v) is 3.34. The van der Waals surface area contributed by atoms with Gasteiger partial charge in [-0.15, -0.1) is 6.58 Å². The van der Waals surface area contributed by atoms with Crippen molar-refractivity contribution in [2.75, 3.05) is 0 Å². The Morgan fingerprint density at radius 1 is 1.42 bits per heavy atom. The number of aliphatic hydroxyl groups is 2. The van der Waals surface area contributed by atoms with E-state index in [0.717, 1.165) is 12.8 Å². The van der Waals surface area contributed by atoms with E-state index in [-0.39, 0.29) is 5.92 Å². The molecule has 0 aliphatic rings. The predicted octanol–water partition coefficient (Wildman–Crippen LogP) is 1.72. The van der Waals surface area contributed by atoms with E-state index in [4.69, 9.17) is 5.11 Å². The molecule has 0 amide bonds. The topological polar surface area (TPSA) is 40.5 Å². The summed E-state index contributed by atoms with van der Waals surface area (Å²) >= 11 is 0. The van der Waals surface area contributed by atoms with E-state index in [1.165, 1.54) is 0 Å². The lowest BCUT2D eigenvalue weighted by atomic mass is 9.94. The van der Waals surface area contributed by atoms with Crippen molar-refractivity contribution < 1.29 is 10.2 Å². The maximum Gasteiger partial charge on any atom is 0.0627 e. The Kier molecular flexibility index (Phi) is 6.03. The van der Waals surface area contributed by atoms with E-state index in [1.54, 1.807) is 13.0 Å². The molecule has 0 saturated carbocycles. The standard InChI is InChI=1S/C10H20O2/c1-4-6-9(5-2)10(12)7-8(3)11/h5,8-12H,2,4,6-7H2,1,3H3. The van der Waals surface area contributed by atoms with Crippen molar-refractivity contribution >= 4 is 0 Å². The van der Waals surface area contributed by atoms with Gasteiger partial charge in [0, 0.05) is 5.92 Å². The molecule has 12 heavy (non-hydrogen) atoms. The molecule has 0 aromatic heterocycles. The van der Waals surface area contributed by atoms with Crippen LogP contribution in [0.2, 0.25) is 0 Å². The van der Waals surface area contributed by atoms with Crippen LogP contribution < -0.4 is 0 Å². The SMILES string of the molecule is C=CC(CCC)C(O)CC(C)O. The monoisotopic (exact) mass is 172 g/mol. The van der Waals surface area contributed by atoms with E-state index < -0.39 is 12.2 Å². The van der Waals surface area contributed by atoms with E-state index in [1.807, 2.05) is 0 Å². The molecule has 0 bridgehead atoms. The van der Waals surface area contributed by atoms with Gasteiger partial charge in [-0.25, -0.2) is 0 Å². The molecule has 2 nitrogen and oxygen atoms in total. The lowest BCUT2D eigenvalue weighted by molar-refractivity contribution is 0.0617. The summed E-state index contributed by atoms with van der Waals surface area (Å²) in [6.45, 7) is 7.43. The van der Waals surface area contributed by atoms with Gasteiger partial charge in [0.1, 0.15) is 0 Å². The number of aliphatic hydroxyl groups excluding tert-OH is 2. The molecule has 0 fully saturated rings. The fourth-order valence-electron chi connectivity index (χ4n) is 1.32. The van der Waals surface area contributed by atoms with Gasteiger partial charge >= 0.3 is 0 Å². The second-order valence-electron chi connectivity index (χ2n) is 3.34. The molecule has 0 heterocycles. The number of rotatable bonds is 6. The molecule has 0 spiro atoms. The highest BCUT2D eigenvalue weighted by Gasteiger charge is 2.16. The van der Waals surface area contributed by atoms with Crippen molar-refractivity contribution in [2.24, 2.45) is 5.92 Å². The summed E-state index contributed by atoms with van der Waals surface area (Å²) < 4.78 is 0. The third-order valence-electron chi connectivity index (χ3n) is 2.00. The number of hydrogen-bond donors (Lipinski definition) is 2. The summed E-state index contributed by atoms with van der Waals surface area (Å²) in [4.78, 5) is 0. The lowest BCUT2D eigenvalue weighted by Crippen LogP contribution is -2.23. The molecule has 3 unspecified atom stereocenters. The molecule has 0 aliphatic heterocycles. The summed E-state index contributed by atoms with van der Waals surface area (Å²) in [6.07, 6.45) is 3.32. The van der Waals surface area contributed by atoms with Gasteiger partial charge in [-0.3, -0.25) is 0 Å². The molecule has 0 rings (SSSR count). The average Bonchev–Trinajstić information content (AvgIpc) is 1.98. The largest absolute Gasteiger partial charge is 0.393 e. The zero-order valence-electron chi connectivity index (χ0n) is 8.03. The highest BCUT2D eigenvalue weighted by molar-refractivity contribution is 4.84. The van der Waals surface area contributed by atoms with Gasteiger partial charge in [-0.2, -0.15) is 0 Å². The van der Waals surface area contributed by atoms with Crippen LogP contribution in [0.4, 0.5) is 0 Å². The van der Waals surface area contributed by atoms with Gasteiger partial charge in [-0.1, -0.05) is 19.4 Å². The molecule has 0 radical (unpaired) electrons. The zero-order chi connectivity index (χ0) is 9.56. The van der Waals surface area contributed by atoms with Crippen molar-refractivity contribution in [2.45, 2.75) is 45.3 Å². The maximum absolute atomic E-state index is 9.58. The first-order valence-electron chi connectivity index (χ1n) is 4.60. The van der Waals surface area contributed by atoms with Crippen molar-refractivity contribution in [1.29, 1.82) is 0 Å². The van der Waals surface area contributed by atoms with Crippen LogP contribution in [0.5, 0.6) is 0 Å². The first kappa shape index (κ1) is 11.7. The molecular formula is C10H20O2. The minimum absolute atomic E-state index is 0.129. The highest BCUT2D eigenvalue weighted by Crippen LogP contribution is 2.16. The van der Waals surface area contributed by atoms with Crippen molar-refractivity contribution in [3.8, 4) is 0 Å². The third kappa shape index (κ3) is 4.52. The summed E-state index contributed by atoms with van der Waals surface area (Å²) in [5.41, 5.74) is 0. The quantitative estimate of drug-likeness (QED) is 0.599. The predicted molar refractivity (Wildman–Crippen MR) is 50.9 cm³/mol. The van der Waals surface area contributed by atoms with Gasteiger partial charge in [0.25, 0.3) is 0 Å². The lowest BCUT2D eigenvalue weighted by Gasteiger charge is -2.19. The van der Waals surface area contributed by atoms with Crippen molar-refractivity contribution in [1.82, 2.24) is 0 Å². The Balaban J connectivity index is 3.84. The van der Waals surface area contributed by atoms with E-state index in [9.17, 15) is 5.11 Å². The summed E-state index contributed by atoms with van der Waals surface area (Å²) in [5.74, 6) is 0.129. The van der Waals surface area contributed by atoms with Gasteiger partial charge in [0.15, 0.2) is 0 Å². The Hall–Kier alpha value is -0.340. The Morgan fingerprint density at radius 2 is 2.00 bits per heavy atom. The first-order valence-corrected chi connectivity index (χ1v) is 4.60. The van der Waals surface area contributed by atoms with Crippen LogP contribution >= 0.6 is 0 Å². The highest BCUT2D eigenvalue weighted by atomic mass is 16.3. The molecule has 3 atom stereocenters. The van der Waals surface area contributed by atoms with Gasteiger partial charge in [0.2, 0.25) is 0 Å². The van der Waals surface area contributed by atoms with Gasteiger partial charge in [-0.05, 0) is 19.8 Å². The van der Waals surface area contributed by atoms with E-state index in [2.05, 4.69) is 13.5 Å². The molecule has 0 aromatic carbocycles. The molecular weight excluding hydrogens is 152 g/mol. The van der Waals surface area contributed by atoms with Crippen LogP contribution in [0.15, 0.2) is 12.7 Å². The van der Waals surface area contributed by atoms with Crippen LogP contribution in [0.1, 0.15) is 33.1 Å². The van der Waals surface area contributed by atoms with Crippen LogP contribution in [0.3, 0.4) is 0 Å². The molecule has 2 N–H and O–H groups in total. The number of hydrogen-bond acceptors (Lipinski definition) is 2. The van der Waals surface area contributed by atoms with Crippen LogP contribution in [0.25, 0.3) is 0 Å². The van der Waals surface area contributed by atoms with E-state index in [0.29, 0.717) is 6.42 Å². The minimum atomic E-state index is -0.442. The zero-order valence-corrected chi connectivity index (χ0v) is 8.03. The average molecular weight is 172 g/mol. The van der Waals surface area contributed by atoms with E-state index >= 15 is 0 Å². The smallest absolute Gasteiger partial charge is 0.0627 e. The second kappa shape index (κ2) is 6.21. The summed E-state index contributed by atoms with van der Waals surface area (Å²) in [7, 11) is 0. The maximum atomic E-state index is 9.58. The molecule has 2 heteroatoms. The van der Waals surface area contributed by atoms with Crippen LogP contribution in [-0.2, 0) is 0 Å². The fraction of sp³-hybridized carbons (Fsp3) is 0.800. The van der Waals surface area contributed by atoms with Gasteiger partial charge in [0.05, 0.1) is 12.2 Å². The Labute approximate surface area is 74.9 Å². The molecule has 0 aliphatic carbocycles. The molecule has 0 saturated heterocycles. The van der Waals surface area contributed by atoms with Crippen LogP contribution in [0, 0.1) is 5.92 Å². The third-order valence-corrected chi connectivity index (χ3v) is 2.00. The normalized spacial score (nSPS) is 18.3. The van der Waals surface area contributed by atoms with Crippen molar-refractivity contribution in [3.63, 3.8) is 0 Å².